The molecule has 1 aromatic rings. The number of carbonyl (C=O) groups is 2. The van der Waals surface area contributed by atoms with Gasteiger partial charge in [0.15, 0.2) is 5.41 Å². The van der Waals surface area contributed by atoms with Gasteiger partial charge < -0.3 is 9.47 Å². The Hall–Kier alpha value is -1.62. The van der Waals surface area contributed by atoms with Crippen molar-refractivity contribution in [3.05, 3.63) is 28.0 Å². The van der Waals surface area contributed by atoms with Crippen molar-refractivity contribution in [1.82, 2.24) is 0 Å². The highest BCUT2D eigenvalue weighted by molar-refractivity contribution is 7.41. The maximum atomic E-state index is 11.8. The minimum Gasteiger partial charge on any atom is -0.462 e. The molecule has 0 saturated carbocycles. The Morgan fingerprint density at radius 1 is 1.32 bits per heavy atom. The largest absolute Gasteiger partial charge is 0.462 e. The minimum atomic E-state index is -0.531. The number of rotatable bonds is 3. The first kappa shape index (κ1) is 15.4. The number of carbonyl (C=O) groups excluding carboxylic acids is 2. The van der Waals surface area contributed by atoms with Crippen LogP contribution in [0, 0.1) is 0 Å². The molecule has 1 heterocycles. The lowest BCUT2D eigenvalue weighted by Gasteiger charge is -2.19. The van der Waals surface area contributed by atoms with Gasteiger partial charge in [0, 0.05) is 16.5 Å². The second kappa shape index (κ2) is 6.02. The summed E-state index contributed by atoms with van der Waals surface area (Å²) in [5.74, 6) is -0.744. The van der Waals surface area contributed by atoms with E-state index in [1.807, 2.05) is 26.2 Å². The SMILES string of the molecule is COC(=O)c1ccc[s+]1/C=C(\C)C(=O)OC(C)(C)C. The number of methoxy groups -OCH3 is 1. The van der Waals surface area contributed by atoms with E-state index in [0.717, 1.165) is 0 Å². The second-order valence-corrected chi connectivity index (χ2v) is 6.72. The van der Waals surface area contributed by atoms with Crippen molar-refractivity contribution >= 4 is 27.8 Å². The van der Waals surface area contributed by atoms with E-state index in [2.05, 4.69) is 0 Å². The van der Waals surface area contributed by atoms with Crippen molar-refractivity contribution in [2.24, 2.45) is 0 Å². The van der Waals surface area contributed by atoms with Crippen LogP contribution in [0.1, 0.15) is 37.4 Å². The molecule has 0 bridgehead atoms. The third-order valence-electron chi connectivity index (χ3n) is 2.14. The van der Waals surface area contributed by atoms with Crippen LogP contribution in [-0.2, 0) is 14.3 Å². The van der Waals surface area contributed by atoms with E-state index in [1.54, 1.807) is 24.5 Å². The number of hydrogen-bond donors (Lipinski definition) is 0. The highest BCUT2D eigenvalue weighted by Crippen LogP contribution is 2.29. The van der Waals surface area contributed by atoms with Crippen LogP contribution >= 0.6 is 10.5 Å². The van der Waals surface area contributed by atoms with E-state index in [-0.39, 0.29) is 11.9 Å². The van der Waals surface area contributed by atoms with Crippen LogP contribution in [0.5, 0.6) is 0 Å². The zero-order valence-electron chi connectivity index (χ0n) is 11.9. The summed E-state index contributed by atoms with van der Waals surface area (Å²) in [5.41, 5.74) is -0.0402. The molecule has 0 fully saturated rings. The Labute approximate surface area is 116 Å². The fraction of sp³-hybridized carbons (Fsp3) is 0.429. The highest BCUT2D eigenvalue weighted by atomic mass is 32.2. The van der Waals surface area contributed by atoms with Gasteiger partial charge in [-0.15, -0.1) is 0 Å². The quantitative estimate of drug-likeness (QED) is 0.484. The summed E-state index contributed by atoms with van der Waals surface area (Å²) in [6, 6.07) is 3.49. The summed E-state index contributed by atoms with van der Waals surface area (Å²) in [7, 11) is 0.810. The average molecular weight is 283 g/mol. The summed E-state index contributed by atoms with van der Waals surface area (Å²) < 4.78 is 9.97. The molecule has 0 aromatic carbocycles. The van der Waals surface area contributed by atoms with E-state index in [0.29, 0.717) is 10.5 Å². The van der Waals surface area contributed by atoms with Crippen LogP contribution in [-0.4, -0.2) is 24.6 Å². The molecule has 0 spiro atoms. The fourth-order valence-corrected chi connectivity index (χ4v) is 2.92. The fourth-order valence-electron chi connectivity index (χ4n) is 1.33. The predicted octanol–water partition coefficient (Wildman–Crippen LogP) is 3.42. The van der Waals surface area contributed by atoms with Gasteiger partial charge >= 0.3 is 11.9 Å². The topological polar surface area (TPSA) is 52.6 Å². The maximum absolute atomic E-state index is 11.8. The van der Waals surface area contributed by atoms with E-state index in [1.165, 1.54) is 7.11 Å². The van der Waals surface area contributed by atoms with Crippen LogP contribution < -0.4 is 0 Å². The highest BCUT2D eigenvalue weighted by Gasteiger charge is 2.23. The van der Waals surface area contributed by atoms with Crippen molar-refractivity contribution in [2.45, 2.75) is 33.3 Å². The number of thiophene rings is 1. The van der Waals surface area contributed by atoms with Crippen LogP contribution in [0.4, 0.5) is 0 Å². The first-order valence-corrected chi connectivity index (χ1v) is 7.20. The van der Waals surface area contributed by atoms with Gasteiger partial charge in [-0.05, 0) is 33.8 Å². The molecule has 0 aliphatic rings. The van der Waals surface area contributed by atoms with Crippen LogP contribution in [0.25, 0.3) is 5.41 Å². The van der Waals surface area contributed by atoms with Crippen LogP contribution in [0.2, 0.25) is 0 Å². The molecule has 1 aromatic heterocycles. The van der Waals surface area contributed by atoms with Crippen LogP contribution in [0.3, 0.4) is 0 Å². The van der Waals surface area contributed by atoms with Gasteiger partial charge in [-0.25, -0.2) is 9.59 Å². The molecule has 0 radical (unpaired) electrons. The molecular weight excluding hydrogens is 264 g/mol. The van der Waals surface area contributed by atoms with Gasteiger partial charge in [0.2, 0.25) is 0 Å². The molecule has 0 aliphatic carbocycles. The van der Waals surface area contributed by atoms with E-state index >= 15 is 0 Å². The molecule has 5 heteroatoms. The number of esters is 2. The number of hydrogen-bond acceptors (Lipinski definition) is 4. The Bertz CT molecular complexity index is 506. The molecule has 1 rings (SSSR count). The summed E-state index contributed by atoms with van der Waals surface area (Å²) in [6.45, 7) is 7.13. The molecule has 0 amide bonds. The molecule has 0 N–H and O–H groups in total. The molecule has 0 aliphatic heterocycles. The van der Waals surface area contributed by atoms with E-state index in [4.69, 9.17) is 9.47 Å². The zero-order chi connectivity index (χ0) is 14.6. The van der Waals surface area contributed by atoms with Gasteiger partial charge in [-0.2, -0.15) is 0 Å². The first-order chi connectivity index (χ1) is 8.74. The molecule has 4 nitrogen and oxygen atoms in total. The Morgan fingerprint density at radius 2 is 1.95 bits per heavy atom. The van der Waals surface area contributed by atoms with Crippen molar-refractivity contribution in [1.29, 1.82) is 0 Å². The normalized spacial score (nSPS) is 13.1. The average Bonchev–Trinajstić information content (AvgIpc) is 2.73. The monoisotopic (exact) mass is 283 g/mol. The molecule has 1 atom stereocenters. The Morgan fingerprint density at radius 3 is 2.47 bits per heavy atom. The van der Waals surface area contributed by atoms with Gasteiger partial charge in [0.1, 0.15) is 11.0 Å². The summed E-state index contributed by atoms with van der Waals surface area (Å²) >= 11 is 0. The zero-order valence-corrected chi connectivity index (χ0v) is 12.7. The van der Waals surface area contributed by atoms with Gasteiger partial charge in [-0.1, -0.05) is 0 Å². The Balaban J connectivity index is 2.94. The first-order valence-electron chi connectivity index (χ1n) is 5.85. The molecule has 104 valence electrons. The van der Waals surface area contributed by atoms with E-state index < -0.39 is 16.1 Å². The van der Waals surface area contributed by atoms with Crippen molar-refractivity contribution in [2.75, 3.05) is 7.11 Å². The lowest BCUT2D eigenvalue weighted by atomic mass is 10.2. The van der Waals surface area contributed by atoms with Gasteiger partial charge in [-0.3, -0.25) is 0 Å². The van der Waals surface area contributed by atoms with Crippen molar-refractivity contribution in [3.63, 3.8) is 0 Å². The van der Waals surface area contributed by atoms with E-state index in [9.17, 15) is 9.59 Å². The van der Waals surface area contributed by atoms with Crippen molar-refractivity contribution in [3.8, 4) is 0 Å². The number of ether oxygens (including phenoxy) is 2. The van der Waals surface area contributed by atoms with Gasteiger partial charge in [0.25, 0.3) is 4.88 Å². The van der Waals surface area contributed by atoms with Crippen LogP contribution in [0.15, 0.2) is 23.1 Å². The molecule has 1 unspecified atom stereocenters. The predicted molar refractivity (Wildman–Crippen MR) is 76.1 cm³/mol. The minimum absolute atomic E-state index is 0.371. The second-order valence-electron chi connectivity index (χ2n) is 5.03. The summed E-state index contributed by atoms with van der Waals surface area (Å²) in [5, 5.41) is 3.60. The standard InChI is InChI=1S/C14H19O4S/c1-10(12(15)18-14(2,3)4)9-19-8-6-7-11(19)13(16)17-5/h6-9H,1-5H3/q+1/b10-9+. The molecule has 19 heavy (non-hydrogen) atoms. The molecule has 0 saturated heterocycles. The van der Waals surface area contributed by atoms with Crippen molar-refractivity contribution < 1.29 is 19.1 Å². The lowest BCUT2D eigenvalue weighted by molar-refractivity contribution is -0.149. The summed E-state index contributed by atoms with van der Waals surface area (Å²) in [4.78, 5) is 23.9. The maximum Gasteiger partial charge on any atom is 0.391 e. The third-order valence-corrected chi connectivity index (χ3v) is 4.01. The summed E-state index contributed by atoms with van der Waals surface area (Å²) in [6.07, 6.45) is 0. The lowest BCUT2D eigenvalue weighted by Crippen LogP contribution is -2.24. The van der Waals surface area contributed by atoms with Gasteiger partial charge in [0.05, 0.1) is 12.7 Å². The molecular formula is C14H19O4S+. The third kappa shape index (κ3) is 4.52. The smallest absolute Gasteiger partial charge is 0.391 e. The Kier molecular flexibility index (Phi) is 4.89.